The van der Waals surface area contributed by atoms with Gasteiger partial charge in [-0.2, -0.15) is 0 Å². The Morgan fingerprint density at radius 3 is 2.73 bits per heavy atom. The van der Waals surface area contributed by atoms with Gasteiger partial charge in [-0.05, 0) is 19.3 Å². The van der Waals surface area contributed by atoms with E-state index in [0.717, 1.165) is 24.5 Å². The third-order valence-electron chi connectivity index (χ3n) is 2.78. The van der Waals surface area contributed by atoms with Gasteiger partial charge >= 0.3 is 0 Å². The molecule has 0 unspecified atom stereocenters. The van der Waals surface area contributed by atoms with Crippen LogP contribution in [0.15, 0.2) is 12.3 Å². The number of ether oxygens (including phenoxy) is 1. The topological polar surface area (TPSA) is 51.4 Å². The minimum atomic E-state index is 0.507. The monoisotopic (exact) mass is 207 g/mol. The fraction of sp³-hybridized carbons (Fsp3) is 0.545. The van der Waals surface area contributed by atoms with Gasteiger partial charge < -0.3 is 15.4 Å². The van der Waals surface area contributed by atoms with E-state index in [4.69, 9.17) is 10.5 Å². The van der Waals surface area contributed by atoms with Crippen LogP contribution in [-0.2, 0) is 0 Å². The van der Waals surface area contributed by atoms with E-state index in [2.05, 4.69) is 9.88 Å². The first-order valence-corrected chi connectivity index (χ1v) is 5.35. The van der Waals surface area contributed by atoms with Crippen LogP contribution >= 0.6 is 0 Å². The Balaban J connectivity index is 2.25. The lowest BCUT2D eigenvalue weighted by Gasteiger charge is -2.29. The fourth-order valence-electron chi connectivity index (χ4n) is 1.98. The van der Waals surface area contributed by atoms with Crippen molar-refractivity contribution in [2.75, 3.05) is 30.8 Å². The van der Waals surface area contributed by atoms with Crippen LogP contribution in [0.25, 0.3) is 0 Å². The average molecular weight is 207 g/mol. The van der Waals surface area contributed by atoms with E-state index in [9.17, 15) is 0 Å². The van der Waals surface area contributed by atoms with E-state index >= 15 is 0 Å². The minimum Gasteiger partial charge on any atom is -0.494 e. The second-order valence-corrected chi connectivity index (χ2v) is 3.83. The summed E-state index contributed by atoms with van der Waals surface area (Å²) in [5.41, 5.74) is 6.68. The summed E-state index contributed by atoms with van der Waals surface area (Å²) in [6.45, 7) is 2.17. The molecule has 0 saturated carbocycles. The van der Waals surface area contributed by atoms with Crippen molar-refractivity contribution in [1.29, 1.82) is 0 Å². The number of piperidine rings is 1. The van der Waals surface area contributed by atoms with E-state index in [1.807, 2.05) is 0 Å². The molecule has 0 aliphatic carbocycles. The third kappa shape index (κ3) is 2.14. The van der Waals surface area contributed by atoms with Crippen LogP contribution in [0.5, 0.6) is 5.75 Å². The number of rotatable bonds is 2. The van der Waals surface area contributed by atoms with Crippen LogP contribution < -0.4 is 15.4 Å². The molecule has 0 bridgehead atoms. The summed E-state index contributed by atoms with van der Waals surface area (Å²) in [6.07, 6.45) is 5.61. The Kier molecular flexibility index (Phi) is 2.94. The number of pyridine rings is 1. The molecule has 2 N–H and O–H groups in total. The van der Waals surface area contributed by atoms with Crippen molar-refractivity contribution in [3.63, 3.8) is 0 Å². The summed E-state index contributed by atoms with van der Waals surface area (Å²) in [5, 5.41) is 0. The molecule has 0 atom stereocenters. The zero-order valence-electron chi connectivity index (χ0n) is 9.07. The van der Waals surface area contributed by atoms with Crippen LogP contribution in [0.2, 0.25) is 0 Å². The standard InChI is InChI=1S/C11H17N3O/c1-15-10-7-11(12)13-8-9(10)14-5-3-2-4-6-14/h7-8H,2-6H2,1H3,(H2,12,13). The van der Waals surface area contributed by atoms with E-state index < -0.39 is 0 Å². The summed E-state index contributed by atoms with van der Waals surface area (Å²) >= 11 is 0. The maximum atomic E-state index is 5.62. The van der Waals surface area contributed by atoms with Gasteiger partial charge in [0.2, 0.25) is 0 Å². The van der Waals surface area contributed by atoms with Crippen LogP contribution in [-0.4, -0.2) is 25.2 Å². The van der Waals surface area contributed by atoms with Crippen LogP contribution in [0.3, 0.4) is 0 Å². The highest BCUT2D eigenvalue weighted by molar-refractivity contribution is 5.60. The SMILES string of the molecule is COc1cc(N)ncc1N1CCCCC1. The van der Waals surface area contributed by atoms with Gasteiger partial charge in [0, 0.05) is 19.2 Å². The molecular weight excluding hydrogens is 190 g/mol. The second-order valence-electron chi connectivity index (χ2n) is 3.83. The lowest BCUT2D eigenvalue weighted by Crippen LogP contribution is -2.29. The zero-order valence-corrected chi connectivity index (χ0v) is 9.07. The predicted molar refractivity (Wildman–Crippen MR) is 61.3 cm³/mol. The molecule has 1 aliphatic heterocycles. The van der Waals surface area contributed by atoms with E-state index in [0.29, 0.717) is 5.82 Å². The molecule has 1 fully saturated rings. The summed E-state index contributed by atoms with van der Waals surface area (Å²) < 4.78 is 5.32. The van der Waals surface area contributed by atoms with Crippen molar-refractivity contribution in [2.45, 2.75) is 19.3 Å². The summed E-state index contributed by atoms with van der Waals surface area (Å²) in [5.74, 6) is 1.33. The van der Waals surface area contributed by atoms with Crippen LogP contribution in [0.4, 0.5) is 11.5 Å². The highest BCUT2D eigenvalue weighted by Gasteiger charge is 2.15. The van der Waals surface area contributed by atoms with Gasteiger partial charge in [0.15, 0.2) is 0 Å². The Hall–Kier alpha value is -1.45. The lowest BCUT2D eigenvalue weighted by atomic mass is 10.1. The molecule has 1 aromatic heterocycles. The molecule has 0 spiro atoms. The molecule has 82 valence electrons. The third-order valence-corrected chi connectivity index (χ3v) is 2.78. The largest absolute Gasteiger partial charge is 0.494 e. The smallest absolute Gasteiger partial charge is 0.147 e. The Labute approximate surface area is 90.0 Å². The number of aromatic nitrogens is 1. The quantitative estimate of drug-likeness (QED) is 0.801. The van der Waals surface area contributed by atoms with Crippen LogP contribution in [0.1, 0.15) is 19.3 Å². The minimum absolute atomic E-state index is 0.507. The van der Waals surface area contributed by atoms with Gasteiger partial charge in [0.05, 0.1) is 19.0 Å². The van der Waals surface area contributed by atoms with Crippen molar-refractivity contribution in [1.82, 2.24) is 4.98 Å². The molecule has 2 heterocycles. The maximum absolute atomic E-state index is 5.62. The van der Waals surface area contributed by atoms with Gasteiger partial charge in [-0.25, -0.2) is 4.98 Å². The Morgan fingerprint density at radius 1 is 1.33 bits per heavy atom. The molecule has 4 heteroatoms. The van der Waals surface area contributed by atoms with Crippen molar-refractivity contribution in [3.05, 3.63) is 12.3 Å². The van der Waals surface area contributed by atoms with Gasteiger partial charge in [-0.15, -0.1) is 0 Å². The molecule has 1 saturated heterocycles. The van der Waals surface area contributed by atoms with Crippen molar-refractivity contribution in [3.8, 4) is 5.75 Å². The average Bonchev–Trinajstić information content (AvgIpc) is 2.30. The molecule has 2 rings (SSSR count). The summed E-state index contributed by atoms with van der Waals surface area (Å²) in [7, 11) is 1.67. The normalized spacial score (nSPS) is 16.5. The number of nitrogen functional groups attached to an aromatic ring is 1. The number of hydrogen-bond acceptors (Lipinski definition) is 4. The lowest BCUT2D eigenvalue weighted by molar-refractivity contribution is 0.412. The molecule has 4 nitrogen and oxygen atoms in total. The summed E-state index contributed by atoms with van der Waals surface area (Å²) in [4.78, 5) is 6.43. The van der Waals surface area contributed by atoms with Crippen LogP contribution in [0, 0.1) is 0 Å². The second kappa shape index (κ2) is 4.38. The maximum Gasteiger partial charge on any atom is 0.147 e. The van der Waals surface area contributed by atoms with Crippen molar-refractivity contribution in [2.24, 2.45) is 0 Å². The molecular formula is C11H17N3O. The van der Waals surface area contributed by atoms with Gasteiger partial charge in [0.1, 0.15) is 11.6 Å². The first-order chi connectivity index (χ1) is 7.31. The fourth-order valence-corrected chi connectivity index (χ4v) is 1.98. The molecule has 1 aromatic rings. The number of anilines is 2. The van der Waals surface area contributed by atoms with E-state index in [1.54, 1.807) is 19.4 Å². The number of nitrogens with zero attached hydrogens (tertiary/aromatic N) is 2. The summed E-state index contributed by atoms with van der Waals surface area (Å²) in [6, 6.07) is 1.78. The van der Waals surface area contributed by atoms with Gasteiger partial charge in [-0.3, -0.25) is 0 Å². The molecule has 1 aliphatic rings. The Bertz CT molecular complexity index is 335. The highest BCUT2D eigenvalue weighted by Crippen LogP contribution is 2.30. The predicted octanol–water partition coefficient (Wildman–Crippen LogP) is 1.66. The molecule has 0 aromatic carbocycles. The van der Waals surface area contributed by atoms with Crippen molar-refractivity contribution >= 4 is 11.5 Å². The zero-order chi connectivity index (χ0) is 10.7. The number of methoxy groups -OCH3 is 1. The first kappa shape index (κ1) is 10.1. The highest BCUT2D eigenvalue weighted by atomic mass is 16.5. The number of nitrogens with two attached hydrogens (primary N) is 1. The Morgan fingerprint density at radius 2 is 2.07 bits per heavy atom. The molecule has 15 heavy (non-hydrogen) atoms. The molecule has 0 amide bonds. The van der Waals surface area contributed by atoms with Gasteiger partial charge in [0.25, 0.3) is 0 Å². The molecule has 0 radical (unpaired) electrons. The first-order valence-electron chi connectivity index (χ1n) is 5.35. The van der Waals surface area contributed by atoms with Crippen molar-refractivity contribution < 1.29 is 4.74 Å². The van der Waals surface area contributed by atoms with E-state index in [-0.39, 0.29) is 0 Å². The van der Waals surface area contributed by atoms with E-state index in [1.165, 1.54) is 19.3 Å². The number of hydrogen-bond donors (Lipinski definition) is 1. The van der Waals surface area contributed by atoms with Gasteiger partial charge in [-0.1, -0.05) is 0 Å².